The molecule has 0 radical (unpaired) electrons. The molecule has 0 aliphatic carbocycles. The smallest absolute Gasteiger partial charge is 0.268 e. The maximum atomic E-state index is 11.1. The van der Waals surface area contributed by atoms with Gasteiger partial charge < -0.3 is 51.6 Å². The molecule has 1 aliphatic rings. The molecule has 338 valence electrons. The predicted octanol–water partition coefficient (Wildman–Crippen LogP) is 1.70. The number of amides is 5. The Hall–Kier alpha value is -5.06. The number of carbonyl (C=O) groups excluding carboxylic acids is 5. The predicted molar refractivity (Wildman–Crippen MR) is 250 cm³/mol. The largest absolute Gasteiger partial charge is 0.489 e. The second-order valence-electron chi connectivity index (χ2n) is 10.6. The van der Waals surface area contributed by atoms with E-state index in [-0.39, 0.29) is 50.7 Å². The van der Waals surface area contributed by atoms with Crippen LogP contribution in [0.1, 0.15) is 70.1 Å². The lowest BCUT2D eigenvalue weighted by atomic mass is 10.1. The summed E-state index contributed by atoms with van der Waals surface area (Å²) in [5, 5.41) is 19.6. The van der Waals surface area contributed by atoms with Gasteiger partial charge in [0, 0.05) is 72.2 Å². The van der Waals surface area contributed by atoms with Gasteiger partial charge in [0.1, 0.15) is 12.1 Å². The van der Waals surface area contributed by atoms with Gasteiger partial charge in [0.2, 0.25) is 35.5 Å². The third-order valence-electron chi connectivity index (χ3n) is 6.39. The summed E-state index contributed by atoms with van der Waals surface area (Å²) in [7, 11) is 12.9. The van der Waals surface area contributed by atoms with Gasteiger partial charge >= 0.3 is 0 Å². The number of rotatable bonds is 12. The van der Waals surface area contributed by atoms with Gasteiger partial charge in [-0.3, -0.25) is 33.6 Å². The standard InChI is InChI=1S/C8H10N2O2S.C7H8O3.C6H10N2OS.C6H14N2O.C5H10N2O2.C3H8N2S.2CH4/c1-9-8(12)6-3-4-7(13-6)10(2)5-11;1-3-10-7-4(2)5(8)6(7)9;1-4-9-6-5(2)7-10(3)8-6;1-7-5-3-4-6(9)8-2;1-6-4(8)3-5(9)7-2;1-4-3(6)5-2;;/h3-5H,1-2H3,(H,9,12);3H2,1-2H3;3-4H2,1-2H3;7H,3-5H2,1-2H3,(H,8,9);3H2,1-2H3,(H,6,8)(H,7,9);1-2H3,(H2,4,5,6);2*1H4. The van der Waals surface area contributed by atoms with E-state index < -0.39 is 21.7 Å². The van der Waals surface area contributed by atoms with Crippen LogP contribution < -0.4 is 57.7 Å². The zero-order valence-corrected chi connectivity index (χ0v) is 37.4. The van der Waals surface area contributed by atoms with Crippen LogP contribution in [0.25, 0.3) is 0 Å². The average molecular weight is 893 g/mol. The minimum absolute atomic E-state index is 0. The minimum Gasteiger partial charge on any atom is -0.489 e. The number of carbonyl (C=O) groups is 5. The van der Waals surface area contributed by atoms with E-state index in [1.807, 2.05) is 20.9 Å². The second-order valence-corrected chi connectivity index (χ2v) is 13.1. The van der Waals surface area contributed by atoms with Crippen molar-refractivity contribution in [2.45, 2.75) is 61.8 Å². The highest BCUT2D eigenvalue weighted by molar-refractivity contribution is 8.12. The summed E-state index contributed by atoms with van der Waals surface area (Å²) in [6.07, 6.45) is 2.15. The van der Waals surface area contributed by atoms with E-state index in [9.17, 15) is 33.6 Å². The maximum absolute atomic E-state index is 11.1. The van der Waals surface area contributed by atoms with Gasteiger partial charge in [-0.1, -0.05) is 14.9 Å². The van der Waals surface area contributed by atoms with Crippen LogP contribution in [0.4, 0.5) is 5.00 Å². The van der Waals surface area contributed by atoms with Crippen molar-refractivity contribution >= 4 is 92.0 Å². The molecule has 0 spiro atoms. The number of thiophene rings is 1. The molecule has 22 heteroatoms. The molecule has 1 unspecified atom stereocenters. The molecule has 2 heterocycles. The fourth-order valence-corrected chi connectivity index (χ4v) is 4.95. The Morgan fingerprint density at radius 3 is 1.71 bits per heavy atom. The molecule has 1 aromatic heterocycles. The summed E-state index contributed by atoms with van der Waals surface area (Å²) in [5.41, 5.74) is 0.412. The Kier molecular flexibility index (Phi) is 41.1. The summed E-state index contributed by atoms with van der Waals surface area (Å²) in [6.45, 7) is 9.16. The Labute approximate surface area is 361 Å². The first kappa shape index (κ1) is 63.1. The van der Waals surface area contributed by atoms with Gasteiger partial charge in [-0.25, -0.2) is 4.40 Å². The summed E-state index contributed by atoms with van der Waals surface area (Å²) in [4.78, 5) is 76.1. The molecule has 0 saturated carbocycles. The molecule has 59 heavy (non-hydrogen) atoms. The van der Waals surface area contributed by atoms with Crippen LogP contribution in [0.15, 0.2) is 30.5 Å². The minimum atomic E-state index is -0.487. The van der Waals surface area contributed by atoms with Crippen LogP contribution in [-0.2, 0) is 23.9 Å². The molecule has 5 amide bonds. The van der Waals surface area contributed by atoms with Crippen molar-refractivity contribution in [2.24, 2.45) is 8.80 Å². The SMILES string of the molecule is C.C.C=S1N=C(C)C(OCC)=N1.CCOc1c(C)c(=O)c1=O.CNC(=O)CC(=O)NC.CNC(=O)c1ccc(N(C)C=O)s1.CNC(=S)NC.CNCCCC(=O)NC. The highest BCUT2D eigenvalue weighted by Crippen LogP contribution is 2.24. The normalized spacial score (nSPS) is 11.2. The van der Waals surface area contributed by atoms with Crippen molar-refractivity contribution in [2.75, 3.05) is 81.0 Å². The van der Waals surface area contributed by atoms with Crippen molar-refractivity contribution in [3.8, 4) is 5.75 Å². The van der Waals surface area contributed by atoms with Crippen LogP contribution >= 0.6 is 34.4 Å². The van der Waals surface area contributed by atoms with E-state index in [1.165, 1.54) is 30.3 Å². The maximum Gasteiger partial charge on any atom is 0.268 e. The Morgan fingerprint density at radius 1 is 0.831 bits per heavy atom. The fourth-order valence-electron chi connectivity index (χ4n) is 3.26. The number of ether oxygens (including phenoxy) is 2. The van der Waals surface area contributed by atoms with Gasteiger partial charge in [0.05, 0.1) is 23.1 Å². The van der Waals surface area contributed by atoms with Gasteiger partial charge in [-0.2, -0.15) is 4.40 Å². The quantitative estimate of drug-likeness (QED) is 0.0528. The average Bonchev–Trinajstić information content (AvgIpc) is 3.85. The second kappa shape index (κ2) is 38.5. The Bertz CT molecular complexity index is 1690. The monoisotopic (exact) mass is 892 g/mol. The first-order valence-corrected chi connectivity index (χ1v) is 19.9. The highest BCUT2D eigenvalue weighted by atomic mass is 32.2. The molecule has 7 N–H and O–H groups in total. The topological polar surface area (TPSA) is 250 Å². The Morgan fingerprint density at radius 2 is 1.36 bits per heavy atom. The first-order valence-electron chi connectivity index (χ1n) is 17.3. The van der Waals surface area contributed by atoms with Gasteiger partial charge in [-0.15, -0.1) is 11.3 Å². The summed E-state index contributed by atoms with van der Waals surface area (Å²) >= 11 is 5.92. The van der Waals surface area contributed by atoms with E-state index in [0.29, 0.717) is 47.5 Å². The first-order chi connectivity index (χ1) is 26.9. The molecule has 0 fully saturated rings. The molecule has 1 aromatic carbocycles. The zero-order chi connectivity index (χ0) is 44.5. The number of thiocarbonyl (C=S) groups is 1. The van der Waals surface area contributed by atoms with E-state index >= 15 is 0 Å². The number of hydrogen-bond acceptors (Lipinski definition) is 14. The number of nitrogens with one attached hydrogen (secondary N) is 7. The van der Waals surface area contributed by atoms with Crippen molar-refractivity contribution in [1.29, 1.82) is 0 Å². The van der Waals surface area contributed by atoms with E-state index in [0.717, 1.165) is 23.7 Å². The van der Waals surface area contributed by atoms with Crippen molar-refractivity contribution in [3.63, 3.8) is 0 Å². The van der Waals surface area contributed by atoms with Crippen LogP contribution in [0.3, 0.4) is 0 Å². The number of nitrogens with zero attached hydrogens (tertiary/aromatic N) is 3. The van der Waals surface area contributed by atoms with Gasteiger partial charge in [-0.05, 0) is 77.9 Å². The van der Waals surface area contributed by atoms with Crippen molar-refractivity contribution in [3.05, 3.63) is 43.0 Å². The molecular formula is C37H68N10O9S3. The molecule has 1 atom stereocenters. The van der Waals surface area contributed by atoms with Crippen LogP contribution in [0.5, 0.6) is 5.75 Å². The number of anilines is 1. The van der Waals surface area contributed by atoms with Crippen molar-refractivity contribution in [1.82, 2.24) is 37.2 Å². The molecule has 1 aliphatic heterocycles. The molecule has 0 bridgehead atoms. The molecule has 2 aromatic rings. The Balaban J connectivity index is -0.000000199. The van der Waals surface area contributed by atoms with Gasteiger partial charge in [0.25, 0.3) is 11.3 Å². The van der Waals surface area contributed by atoms with E-state index in [4.69, 9.17) is 9.47 Å². The highest BCUT2D eigenvalue weighted by Gasteiger charge is 2.17. The van der Waals surface area contributed by atoms with Crippen molar-refractivity contribution < 1.29 is 33.4 Å². The number of hydrogen-bond donors (Lipinski definition) is 7. The van der Waals surface area contributed by atoms with Crippen LogP contribution in [0, 0.1) is 6.92 Å². The summed E-state index contributed by atoms with van der Waals surface area (Å²) in [5.74, 6) is 4.04. The molecule has 19 nitrogen and oxygen atoms in total. The fraction of sp³-hybridized carbons (Fsp3) is 0.541. The summed E-state index contributed by atoms with van der Waals surface area (Å²) < 4.78 is 18.2. The lowest BCUT2D eigenvalue weighted by Gasteiger charge is -2.05. The van der Waals surface area contributed by atoms with E-state index in [1.54, 1.807) is 61.2 Å². The lowest BCUT2D eigenvalue weighted by molar-refractivity contribution is -0.128. The van der Waals surface area contributed by atoms with E-state index in [2.05, 4.69) is 64.1 Å². The third kappa shape index (κ3) is 28.9. The molecule has 3 rings (SSSR count). The zero-order valence-electron chi connectivity index (χ0n) is 34.9. The lowest BCUT2D eigenvalue weighted by Crippen LogP contribution is -2.35. The third-order valence-corrected chi connectivity index (χ3v) is 8.84. The van der Waals surface area contributed by atoms with Gasteiger partial charge in [0.15, 0.2) is 10.9 Å². The molecular weight excluding hydrogens is 825 g/mol. The van der Waals surface area contributed by atoms with Crippen LogP contribution in [0.2, 0.25) is 0 Å². The molecule has 0 saturated heterocycles. The van der Waals surface area contributed by atoms with Crippen LogP contribution in [-0.4, -0.2) is 129 Å². The summed E-state index contributed by atoms with van der Waals surface area (Å²) in [6, 6.07) is 3.43.